The van der Waals surface area contributed by atoms with E-state index in [4.69, 9.17) is 16.3 Å². The third-order valence-corrected chi connectivity index (χ3v) is 3.31. The summed E-state index contributed by atoms with van der Waals surface area (Å²) in [4.78, 5) is 23.5. The summed E-state index contributed by atoms with van der Waals surface area (Å²) in [5.41, 5.74) is 4.49. The van der Waals surface area contributed by atoms with Gasteiger partial charge in [-0.25, -0.2) is 0 Å². The van der Waals surface area contributed by atoms with Gasteiger partial charge in [-0.15, -0.1) is 0 Å². The van der Waals surface area contributed by atoms with Crippen molar-refractivity contribution in [1.29, 1.82) is 0 Å². The Kier molecular flexibility index (Phi) is 6.45. The fourth-order valence-electron chi connectivity index (χ4n) is 1.89. The number of carbonyl (C=O) groups excluding carboxylic acids is 2. The van der Waals surface area contributed by atoms with E-state index in [1.807, 2.05) is 30.3 Å². The lowest BCUT2D eigenvalue weighted by Gasteiger charge is -2.09. The number of halogens is 1. The number of ether oxygens (including phenoxy) is 1. The first-order valence-corrected chi connectivity index (χ1v) is 7.69. The molecule has 2 amide bonds. The number of benzene rings is 2. The third kappa shape index (κ3) is 5.48. The quantitative estimate of drug-likeness (QED) is 0.553. The molecule has 0 fully saturated rings. The molecule has 2 aromatic rings. The Morgan fingerprint density at radius 2 is 1.83 bits per heavy atom. The van der Waals surface area contributed by atoms with Crippen molar-refractivity contribution in [3.05, 3.63) is 59.1 Å². The van der Waals surface area contributed by atoms with E-state index in [1.165, 1.54) is 18.2 Å². The Hall–Kier alpha value is -2.73. The summed E-state index contributed by atoms with van der Waals surface area (Å²) in [5.74, 6) is -0.490. The Bertz CT molecular complexity index is 707. The number of nitrogens with one attached hydrogen (secondary N) is 2. The number of aromatic hydroxyl groups is 1. The molecule has 0 radical (unpaired) electrons. The van der Waals surface area contributed by atoms with Crippen molar-refractivity contribution < 1.29 is 19.4 Å². The standard InChI is InChI=1S/C17H17ClN2O4/c18-12-8-9-15(21)14(11-12)17(23)20-19-16(22)7-4-10-24-13-5-2-1-3-6-13/h1-3,5-6,8-9,11,21H,4,7,10H2,(H,19,22)(H,20,23). The van der Waals surface area contributed by atoms with Crippen LogP contribution in [0.3, 0.4) is 0 Å². The van der Waals surface area contributed by atoms with Gasteiger partial charge in [-0.2, -0.15) is 0 Å². The van der Waals surface area contributed by atoms with E-state index >= 15 is 0 Å². The van der Waals surface area contributed by atoms with Gasteiger partial charge in [0.05, 0.1) is 12.2 Å². The lowest BCUT2D eigenvalue weighted by Crippen LogP contribution is -2.41. The predicted molar refractivity (Wildman–Crippen MR) is 89.9 cm³/mol. The zero-order valence-corrected chi connectivity index (χ0v) is 13.5. The summed E-state index contributed by atoms with van der Waals surface area (Å²) in [6.45, 7) is 0.389. The number of phenols is 1. The lowest BCUT2D eigenvalue weighted by molar-refractivity contribution is -0.122. The highest BCUT2D eigenvalue weighted by atomic mass is 35.5. The second kappa shape index (κ2) is 8.79. The summed E-state index contributed by atoms with van der Waals surface area (Å²) in [6.07, 6.45) is 0.688. The maximum absolute atomic E-state index is 11.9. The van der Waals surface area contributed by atoms with Crippen LogP contribution in [0.2, 0.25) is 5.02 Å². The summed E-state index contributed by atoms with van der Waals surface area (Å²) in [6, 6.07) is 13.4. The minimum atomic E-state index is -0.649. The molecule has 2 aromatic carbocycles. The fraction of sp³-hybridized carbons (Fsp3) is 0.176. The molecule has 0 aliphatic rings. The van der Waals surface area contributed by atoms with Gasteiger partial charge in [-0.1, -0.05) is 29.8 Å². The average molecular weight is 349 g/mol. The zero-order chi connectivity index (χ0) is 17.4. The lowest BCUT2D eigenvalue weighted by atomic mass is 10.2. The van der Waals surface area contributed by atoms with Crippen molar-refractivity contribution in [3.8, 4) is 11.5 Å². The number of phenolic OH excluding ortho intramolecular Hbond substituents is 1. The second-order valence-electron chi connectivity index (χ2n) is 4.93. The van der Waals surface area contributed by atoms with Crippen LogP contribution < -0.4 is 15.6 Å². The molecule has 0 saturated heterocycles. The topological polar surface area (TPSA) is 87.7 Å². The van der Waals surface area contributed by atoms with Gasteiger partial charge in [0.2, 0.25) is 5.91 Å². The molecule has 0 atom stereocenters. The molecule has 24 heavy (non-hydrogen) atoms. The summed E-state index contributed by atoms with van der Waals surface area (Å²) in [5, 5.41) is 9.91. The van der Waals surface area contributed by atoms with E-state index in [0.717, 1.165) is 5.75 Å². The van der Waals surface area contributed by atoms with E-state index in [0.29, 0.717) is 18.1 Å². The molecule has 6 nitrogen and oxygen atoms in total. The molecule has 126 valence electrons. The van der Waals surface area contributed by atoms with Crippen LogP contribution in [0.25, 0.3) is 0 Å². The van der Waals surface area contributed by atoms with Crippen LogP contribution in [0.15, 0.2) is 48.5 Å². The van der Waals surface area contributed by atoms with Gasteiger partial charge in [0, 0.05) is 11.4 Å². The highest BCUT2D eigenvalue weighted by molar-refractivity contribution is 6.31. The highest BCUT2D eigenvalue weighted by Crippen LogP contribution is 2.20. The molecule has 0 aliphatic carbocycles. The van der Waals surface area contributed by atoms with Crippen molar-refractivity contribution in [2.45, 2.75) is 12.8 Å². The van der Waals surface area contributed by atoms with E-state index in [1.54, 1.807) is 0 Å². The van der Waals surface area contributed by atoms with Crippen molar-refractivity contribution in [2.75, 3.05) is 6.61 Å². The number of hydrogen-bond donors (Lipinski definition) is 3. The number of hydrazine groups is 1. The van der Waals surface area contributed by atoms with Gasteiger partial charge in [-0.05, 0) is 36.8 Å². The van der Waals surface area contributed by atoms with Crippen molar-refractivity contribution >= 4 is 23.4 Å². The number of amides is 2. The van der Waals surface area contributed by atoms with Crippen molar-refractivity contribution in [3.63, 3.8) is 0 Å². The predicted octanol–water partition coefficient (Wildman–Crippen LogP) is 2.67. The molecular weight excluding hydrogens is 332 g/mol. The molecule has 3 N–H and O–H groups in total. The van der Waals surface area contributed by atoms with Crippen molar-refractivity contribution in [1.82, 2.24) is 10.9 Å². The summed E-state index contributed by atoms with van der Waals surface area (Å²) in [7, 11) is 0. The highest BCUT2D eigenvalue weighted by Gasteiger charge is 2.12. The number of hydrogen-bond acceptors (Lipinski definition) is 4. The monoisotopic (exact) mass is 348 g/mol. The number of carbonyl (C=O) groups is 2. The van der Waals surface area contributed by atoms with E-state index in [-0.39, 0.29) is 23.6 Å². The minimum Gasteiger partial charge on any atom is -0.507 e. The van der Waals surface area contributed by atoms with Gasteiger partial charge in [0.25, 0.3) is 5.91 Å². The zero-order valence-electron chi connectivity index (χ0n) is 12.8. The van der Waals surface area contributed by atoms with Crippen LogP contribution in [0.5, 0.6) is 11.5 Å². The largest absolute Gasteiger partial charge is 0.507 e. The maximum atomic E-state index is 11.9. The van der Waals surface area contributed by atoms with Gasteiger partial charge >= 0.3 is 0 Å². The SMILES string of the molecule is O=C(CCCOc1ccccc1)NNC(=O)c1cc(Cl)ccc1O. The molecule has 0 aliphatic heterocycles. The molecule has 0 bridgehead atoms. The van der Waals surface area contributed by atoms with E-state index in [9.17, 15) is 14.7 Å². The van der Waals surface area contributed by atoms with Gasteiger partial charge in [0.15, 0.2) is 0 Å². The number of para-hydroxylation sites is 1. The Morgan fingerprint density at radius 3 is 2.58 bits per heavy atom. The third-order valence-electron chi connectivity index (χ3n) is 3.08. The maximum Gasteiger partial charge on any atom is 0.273 e. The molecule has 0 unspecified atom stereocenters. The summed E-state index contributed by atoms with van der Waals surface area (Å²) < 4.78 is 5.47. The molecule has 0 heterocycles. The Morgan fingerprint density at radius 1 is 1.08 bits per heavy atom. The molecular formula is C17H17ClN2O4. The van der Waals surface area contributed by atoms with Gasteiger partial charge in [0.1, 0.15) is 11.5 Å². The van der Waals surface area contributed by atoms with Crippen LogP contribution in [0.4, 0.5) is 0 Å². The van der Waals surface area contributed by atoms with Crippen LogP contribution in [-0.2, 0) is 4.79 Å². The Balaban J connectivity index is 1.69. The molecule has 7 heteroatoms. The summed E-state index contributed by atoms with van der Waals surface area (Å²) >= 11 is 5.77. The number of rotatable bonds is 6. The van der Waals surface area contributed by atoms with Crippen LogP contribution in [0, 0.1) is 0 Å². The normalized spacial score (nSPS) is 10.0. The van der Waals surface area contributed by atoms with E-state index < -0.39 is 5.91 Å². The van der Waals surface area contributed by atoms with E-state index in [2.05, 4.69) is 10.9 Å². The molecule has 0 saturated carbocycles. The van der Waals surface area contributed by atoms with Crippen molar-refractivity contribution in [2.24, 2.45) is 0 Å². The fourth-order valence-corrected chi connectivity index (χ4v) is 2.06. The van der Waals surface area contributed by atoms with Crippen LogP contribution >= 0.6 is 11.6 Å². The second-order valence-corrected chi connectivity index (χ2v) is 5.37. The first kappa shape index (κ1) is 17.6. The molecule has 0 aromatic heterocycles. The minimum absolute atomic E-state index is 0.0183. The first-order chi connectivity index (χ1) is 11.6. The average Bonchev–Trinajstić information content (AvgIpc) is 2.59. The van der Waals surface area contributed by atoms with Gasteiger partial charge in [-0.3, -0.25) is 20.4 Å². The Labute approximate surface area is 144 Å². The van der Waals surface area contributed by atoms with Crippen LogP contribution in [-0.4, -0.2) is 23.5 Å². The first-order valence-electron chi connectivity index (χ1n) is 7.32. The molecule has 2 rings (SSSR count). The molecule has 0 spiro atoms. The smallest absolute Gasteiger partial charge is 0.273 e. The van der Waals surface area contributed by atoms with Crippen LogP contribution in [0.1, 0.15) is 23.2 Å². The van der Waals surface area contributed by atoms with Gasteiger partial charge < -0.3 is 9.84 Å².